The lowest BCUT2D eigenvalue weighted by Crippen LogP contribution is -2.49. The molecule has 0 aliphatic heterocycles. The summed E-state index contributed by atoms with van der Waals surface area (Å²) in [7, 11) is 0. The summed E-state index contributed by atoms with van der Waals surface area (Å²) in [5, 5.41) is 20.7. The van der Waals surface area contributed by atoms with E-state index in [9.17, 15) is 19.5 Å². The zero-order valence-corrected chi connectivity index (χ0v) is 21.8. The number of Topliss-reactive ketones (excluding diaryl/α,β-unsaturated/α-hetero) is 1. The zero-order valence-electron chi connectivity index (χ0n) is 21.8. The Kier molecular flexibility index (Phi) is 8.99. The maximum Gasteiger partial charge on any atom is 0.346 e. The van der Waals surface area contributed by atoms with Gasteiger partial charge in [-0.15, -0.1) is 0 Å². The first-order valence-electron chi connectivity index (χ1n) is 12.5. The van der Waals surface area contributed by atoms with Crippen LogP contribution in [0.4, 0.5) is 0 Å². The van der Waals surface area contributed by atoms with Gasteiger partial charge < -0.3 is 19.6 Å². The maximum absolute atomic E-state index is 13.2. The van der Waals surface area contributed by atoms with Gasteiger partial charge in [-0.2, -0.15) is 5.10 Å². The highest BCUT2D eigenvalue weighted by molar-refractivity contribution is 6.14. The van der Waals surface area contributed by atoms with Crippen LogP contribution in [-0.2, 0) is 9.53 Å². The summed E-state index contributed by atoms with van der Waals surface area (Å²) in [6, 6.07) is 8.61. The molecule has 2 aromatic heterocycles. The van der Waals surface area contributed by atoms with Crippen LogP contribution >= 0.6 is 0 Å². The van der Waals surface area contributed by atoms with Gasteiger partial charge in [0.1, 0.15) is 5.69 Å². The molecule has 0 saturated carbocycles. The van der Waals surface area contributed by atoms with Crippen molar-refractivity contribution >= 4 is 17.7 Å². The SMILES string of the molecule is CCOC(=O)[C@@](O)(CC(C)C)C(=O)c1cc(-c2cccc(-c3ncc(C(=O)NC(CC)CC)o3)c2)n[nH]1. The third-order valence-electron chi connectivity index (χ3n) is 5.97. The number of carbonyl (C=O) groups is 3. The molecule has 1 atom stereocenters. The Bertz CT molecular complexity index is 1240. The number of H-pyrrole nitrogens is 1. The van der Waals surface area contributed by atoms with Gasteiger partial charge in [0.25, 0.3) is 5.91 Å². The monoisotopic (exact) mass is 510 g/mol. The smallest absolute Gasteiger partial charge is 0.346 e. The predicted molar refractivity (Wildman–Crippen MR) is 137 cm³/mol. The lowest BCUT2D eigenvalue weighted by atomic mass is 9.87. The number of carbonyl (C=O) groups excluding carboxylic acids is 3. The molecule has 3 aromatic rings. The molecule has 0 unspecified atom stereocenters. The molecule has 0 radical (unpaired) electrons. The number of ether oxygens (including phenoxy) is 1. The second kappa shape index (κ2) is 12.0. The van der Waals surface area contributed by atoms with E-state index in [4.69, 9.17) is 9.15 Å². The van der Waals surface area contributed by atoms with Crippen molar-refractivity contribution in [3.63, 3.8) is 0 Å². The molecule has 0 fully saturated rings. The molecule has 10 nitrogen and oxygen atoms in total. The van der Waals surface area contributed by atoms with E-state index in [1.807, 2.05) is 13.8 Å². The molecule has 198 valence electrons. The highest BCUT2D eigenvalue weighted by Gasteiger charge is 2.47. The van der Waals surface area contributed by atoms with E-state index in [1.54, 1.807) is 45.0 Å². The van der Waals surface area contributed by atoms with E-state index in [-0.39, 0.29) is 48.2 Å². The minimum Gasteiger partial charge on any atom is -0.464 e. The van der Waals surface area contributed by atoms with E-state index in [2.05, 4.69) is 20.5 Å². The average Bonchev–Trinajstić information content (AvgIpc) is 3.57. The van der Waals surface area contributed by atoms with E-state index in [0.717, 1.165) is 12.8 Å². The standard InChI is InChI=1S/C27H34N4O6/c1-6-19(7-2)29-24(33)22-15-28-25(37-22)18-11-9-10-17(12-18)20-13-21(31-30-20)23(32)27(35,14-16(4)5)26(34)36-8-3/h9-13,15-16,19,35H,6-8,14H2,1-5H3,(H,29,33)(H,30,31)/t27-/m1/s1. The molecule has 3 N–H and O–H groups in total. The van der Waals surface area contributed by atoms with Crippen molar-refractivity contribution in [3.8, 4) is 22.7 Å². The average molecular weight is 511 g/mol. The molecule has 0 aliphatic carbocycles. The summed E-state index contributed by atoms with van der Waals surface area (Å²) < 4.78 is 10.7. The molecule has 3 rings (SSSR count). The van der Waals surface area contributed by atoms with Gasteiger partial charge >= 0.3 is 5.97 Å². The van der Waals surface area contributed by atoms with Crippen molar-refractivity contribution in [2.75, 3.05) is 6.61 Å². The van der Waals surface area contributed by atoms with Crippen LogP contribution < -0.4 is 5.32 Å². The number of esters is 1. The Labute approximate surface area is 215 Å². The number of rotatable bonds is 12. The molecule has 2 heterocycles. The fraction of sp³-hybridized carbons (Fsp3) is 0.444. The van der Waals surface area contributed by atoms with Gasteiger partial charge in [0.15, 0.2) is 0 Å². The van der Waals surface area contributed by atoms with Gasteiger partial charge in [-0.25, -0.2) is 9.78 Å². The quantitative estimate of drug-likeness (QED) is 0.187. The summed E-state index contributed by atoms with van der Waals surface area (Å²) in [5.74, 6) is -1.88. The summed E-state index contributed by atoms with van der Waals surface area (Å²) in [4.78, 5) is 42.3. The van der Waals surface area contributed by atoms with Gasteiger partial charge in [-0.1, -0.05) is 39.8 Å². The van der Waals surface area contributed by atoms with Gasteiger partial charge in [0.2, 0.25) is 23.0 Å². The van der Waals surface area contributed by atoms with Crippen LogP contribution in [-0.4, -0.2) is 56.2 Å². The normalized spacial score (nSPS) is 13.0. The molecule has 0 bridgehead atoms. The number of benzene rings is 1. The molecular formula is C27H34N4O6. The van der Waals surface area contributed by atoms with Crippen LogP contribution in [0.5, 0.6) is 0 Å². The number of nitrogens with one attached hydrogen (secondary N) is 2. The molecule has 1 amide bonds. The van der Waals surface area contributed by atoms with Crippen molar-refractivity contribution in [1.29, 1.82) is 0 Å². The van der Waals surface area contributed by atoms with Crippen molar-refractivity contribution < 1.29 is 28.6 Å². The minimum atomic E-state index is -2.32. The van der Waals surface area contributed by atoms with Crippen LogP contribution in [0.3, 0.4) is 0 Å². The number of ketones is 1. The second-order valence-corrected chi connectivity index (χ2v) is 9.27. The summed E-state index contributed by atoms with van der Waals surface area (Å²) >= 11 is 0. The lowest BCUT2D eigenvalue weighted by Gasteiger charge is -2.25. The molecule has 0 saturated heterocycles. The zero-order chi connectivity index (χ0) is 27.2. The van der Waals surface area contributed by atoms with E-state index in [0.29, 0.717) is 16.8 Å². The fourth-order valence-corrected chi connectivity index (χ4v) is 3.99. The molecular weight excluding hydrogens is 476 g/mol. The van der Waals surface area contributed by atoms with Gasteiger partial charge in [0, 0.05) is 17.2 Å². The Hall–Kier alpha value is -3.79. The van der Waals surface area contributed by atoms with E-state index < -0.39 is 17.4 Å². The highest BCUT2D eigenvalue weighted by atomic mass is 16.5. The number of aromatic nitrogens is 3. The first-order valence-corrected chi connectivity index (χ1v) is 12.5. The second-order valence-electron chi connectivity index (χ2n) is 9.27. The van der Waals surface area contributed by atoms with Gasteiger partial charge in [-0.05, 0) is 50.3 Å². The van der Waals surface area contributed by atoms with E-state index in [1.165, 1.54) is 12.3 Å². The number of aliphatic hydroxyl groups is 1. The third kappa shape index (κ3) is 6.32. The fourth-order valence-electron chi connectivity index (χ4n) is 3.99. The topological polar surface area (TPSA) is 147 Å². The van der Waals surface area contributed by atoms with Gasteiger partial charge in [0.05, 0.1) is 18.5 Å². The van der Waals surface area contributed by atoms with Crippen LogP contribution in [0, 0.1) is 5.92 Å². The number of nitrogens with zero attached hydrogens (tertiary/aromatic N) is 2. The minimum absolute atomic E-state index is 0.0203. The molecule has 10 heteroatoms. The summed E-state index contributed by atoms with van der Waals surface area (Å²) in [5.41, 5.74) is -0.679. The molecule has 0 aliphatic rings. The molecule has 1 aromatic carbocycles. The van der Waals surface area contributed by atoms with Crippen LogP contribution in [0.25, 0.3) is 22.7 Å². The van der Waals surface area contributed by atoms with Crippen molar-refractivity contribution in [1.82, 2.24) is 20.5 Å². The number of hydrogen-bond acceptors (Lipinski definition) is 8. The first kappa shape index (κ1) is 27.8. The Balaban J connectivity index is 1.84. The number of aromatic amines is 1. The molecule has 0 spiro atoms. The number of amides is 1. The summed E-state index contributed by atoms with van der Waals surface area (Å²) in [6.07, 6.45) is 2.92. The van der Waals surface area contributed by atoms with E-state index >= 15 is 0 Å². The largest absolute Gasteiger partial charge is 0.464 e. The van der Waals surface area contributed by atoms with Crippen molar-refractivity contribution in [2.45, 2.75) is 65.5 Å². The third-order valence-corrected chi connectivity index (χ3v) is 5.97. The number of oxazole rings is 1. The maximum atomic E-state index is 13.2. The Morgan fingerprint density at radius 3 is 2.49 bits per heavy atom. The summed E-state index contributed by atoms with van der Waals surface area (Å²) in [6.45, 7) is 9.24. The van der Waals surface area contributed by atoms with Crippen LogP contribution in [0.15, 0.2) is 40.9 Å². The molecule has 37 heavy (non-hydrogen) atoms. The lowest BCUT2D eigenvalue weighted by molar-refractivity contribution is -0.161. The highest BCUT2D eigenvalue weighted by Crippen LogP contribution is 2.28. The van der Waals surface area contributed by atoms with Gasteiger partial charge in [-0.3, -0.25) is 14.7 Å². The Morgan fingerprint density at radius 1 is 1.14 bits per heavy atom. The first-order chi connectivity index (χ1) is 17.6. The Morgan fingerprint density at radius 2 is 1.84 bits per heavy atom. The number of hydrogen-bond donors (Lipinski definition) is 3. The van der Waals surface area contributed by atoms with Crippen molar-refractivity contribution in [3.05, 3.63) is 48.0 Å². The predicted octanol–water partition coefficient (Wildman–Crippen LogP) is 4.17. The van der Waals surface area contributed by atoms with Crippen LogP contribution in [0.1, 0.15) is 74.9 Å². The van der Waals surface area contributed by atoms with Crippen LogP contribution in [0.2, 0.25) is 0 Å². The van der Waals surface area contributed by atoms with Crippen molar-refractivity contribution in [2.24, 2.45) is 5.92 Å².